The summed E-state index contributed by atoms with van der Waals surface area (Å²) in [7, 11) is 0. The molecule has 0 bridgehead atoms. The van der Waals surface area contributed by atoms with Crippen LogP contribution in [0.4, 0.5) is 13.2 Å². The summed E-state index contributed by atoms with van der Waals surface area (Å²) in [4.78, 5) is 15.7. The van der Waals surface area contributed by atoms with Gasteiger partial charge in [-0.2, -0.15) is 14.0 Å². The minimum absolute atomic E-state index is 0.0232. The van der Waals surface area contributed by atoms with Crippen LogP contribution in [0.25, 0.3) is 0 Å². The lowest BCUT2D eigenvalue weighted by Gasteiger charge is -2.09. The number of hydrogen-bond donors (Lipinski definition) is 1. The number of hydrogen-bond acceptors (Lipinski definition) is 4. The van der Waals surface area contributed by atoms with Crippen LogP contribution in [0.2, 0.25) is 0 Å². The maximum absolute atomic E-state index is 13.6. The van der Waals surface area contributed by atoms with Crippen molar-refractivity contribution >= 4 is 5.91 Å². The van der Waals surface area contributed by atoms with Gasteiger partial charge in [-0.15, -0.1) is 0 Å². The van der Waals surface area contributed by atoms with Gasteiger partial charge >= 0.3 is 6.61 Å². The van der Waals surface area contributed by atoms with E-state index in [1.54, 1.807) is 6.07 Å². The van der Waals surface area contributed by atoms with Crippen LogP contribution < -0.4 is 10.1 Å². The van der Waals surface area contributed by atoms with Gasteiger partial charge in [-0.05, 0) is 35.9 Å². The first-order valence-corrected chi connectivity index (χ1v) is 6.37. The molecular formula is C15H10F3N3O2. The molecule has 23 heavy (non-hydrogen) atoms. The van der Waals surface area contributed by atoms with E-state index in [2.05, 4.69) is 15.0 Å². The molecule has 0 aliphatic carbocycles. The Labute approximate surface area is 129 Å². The quantitative estimate of drug-likeness (QED) is 0.918. The van der Waals surface area contributed by atoms with Crippen LogP contribution in [0.1, 0.15) is 21.6 Å². The number of carbonyl (C=O) groups excluding carboxylic acids is 1. The molecule has 0 atom stereocenters. The van der Waals surface area contributed by atoms with E-state index in [1.165, 1.54) is 12.3 Å². The average Bonchev–Trinajstić information content (AvgIpc) is 2.54. The van der Waals surface area contributed by atoms with Gasteiger partial charge in [0.1, 0.15) is 23.3 Å². The van der Waals surface area contributed by atoms with Crippen LogP contribution in [0.5, 0.6) is 5.75 Å². The third kappa shape index (κ3) is 4.44. The molecule has 1 heterocycles. The third-order valence-corrected chi connectivity index (χ3v) is 2.80. The van der Waals surface area contributed by atoms with Crippen LogP contribution >= 0.6 is 0 Å². The fourth-order valence-corrected chi connectivity index (χ4v) is 1.78. The Morgan fingerprint density at radius 3 is 2.83 bits per heavy atom. The van der Waals surface area contributed by atoms with Crippen molar-refractivity contribution in [1.29, 1.82) is 5.26 Å². The van der Waals surface area contributed by atoms with Crippen LogP contribution in [-0.2, 0) is 6.54 Å². The van der Waals surface area contributed by atoms with E-state index in [0.717, 1.165) is 18.2 Å². The number of amides is 1. The van der Waals surface area contributed by atoms with Crippen molar-refractivity contribution in [2.45, 2.75) is 13.2 Å². The van der Waals surface area contributed by atoms with Gasteiger partial charge in [-0.1, -0.05) is 0 Å². The number of carbonyl (C=O) groups is 1. The summed E-state index contributed by atoms with van der Waals surface area (Å²) >= 11 is 0. The molecule has 1 N–H and O–H groups in total. The first-order chi connectivity index (χ1) is 11.0. The lowest BCUT2D eigenvalue weighted by molar-refractivity contribution is -0.0499. The molecule has 5 nitrogen and oxygen atoms in total. The molecule has 0 saturated carbocycles. The predicted molar refractivity (Wildman–Crippen MR) is 73.2 cm³/mol. The standard InChI is InChI=1S/C15H10F3N3O2/c16-13-2-1-11(23-15(17)18)6-12(13)14(22)21-8-9-3-4-20-10(5-9)7-19/h1-6,15H,8H2,(H,21,22). The minimum atomic E-state index is -3.07. The zero-order valence-corrected chi connectivity index (χ0v) is 11.6. The summed E-state index contributed by atoms with van der Waals surface area (Å²) in [6.45, 7) is -3.05. The van der Waals surface area contributed by atoms with Crippen molar-refractivity contribution in [3.05, 3.63) is 59.2 Å². The lowest BCUT2D eigenvalue weighted by Crippen LogP contribution is -2.24. The van der Waals surface area contributed by atoms with E-state index in [-0.39, 0.29) is 18.0 Å². The SMILES string of the molecule is N#Cc1cc(CNC(=O)c2cc(OC(F)F)ccc2F)ccn1. The second-order valence-corrected chi connectivity index (χ2v) is 4.36. The number of aromatic nitrogens is 1. The molecule has 0 aliphatic heterocycles. The molecule has 1 aromatic carbocycles. The van der Waals surface area contributed by atoms with Gasteiger partial charge in [-0.25, -0.2) is 9.37 Å². The van der Waals surface area contributed by atoms with Gasteiger partial charge in [-0.3, -0.25) is 4.79 Å². The van der Waals surface area contributed by atoms with Crippen molar-refractivity contribution in [1.82, 2.24) is 10.3 Å². The van der Waals surface area contributed by atoms with Gasteiger partial charge in [0.15, 0.2) is 0 Å². The highest BCUT2D eigenvalue weighted by Crippen LogP contribution is 2.19. The lowest BCUT2D eigenvalue weighted by atomic mass is 10.1. The Hall–Kier alpha value is -3.08. The van der Waals surface area contributed by atoms with Crippen molar-refractivity contribution in [2.24, 2.45) is 0 Å². The molecular weight excluding hydrogens is 311 g/mol. The number of halogens is 3. The van der Waals surface area contributed by atoms with Crippen molar-refractivity contribution in [3.8, 4) is 11.8 Å². The van der Waals surface area contributed by atoms with Crippen molar-refractivity contribution in [3.63, 3.8) is 0 Å². The summed E-state index contributed by atoms with van der Waals surface area (Å²) in [5.41, 5.74) is 0.346. The number of rotatable bonds is 5. The molecule has 118 valence electrons. The maximum Gasteiger partial charge on any atom is 0.387 e. The Morgan fingerprint density at radius 2 is 2.13 bits per heavy atom. The van der Waals surface area contributed by atoms with Gasteiger partial charge < -0.3 is 10.1 Å². The zero-order valence-electron chi connectivity index (χ0n) is 11.6. The van der Waals surface area contributed by atoms with Crippen molar-refractivity contribution in [2.75, 3.05) is 0 Å². The monoisotopic (exact) mass is 321 g/mol. The van der Waals surface area contributed by atoms with Crippen molar-refractivity contribution < 1.29 is 22.7 Å². The van der Waals surface area contributed by atoms with E-state index in [9.17, 15) is 18.0 Å². The highest BCUT2D eigenvalue weighted by molar-refractivity contribution is 5.94. The molecule has 0 aliphatic rings. The highest BCUT2D eigenvalue weighted by atomic mass is 19.3. The average molecular weight is 321 g/mol. The normalized spacial score (nSPS) is 10.2. The largest absolute Gasteiger partial charge is 0.435 e. The number of pyridine rings is 1. The van der Waals surface area contributed by atoms with E-state index < -0.39 is 23.9 Å². The van der Waals surface area contributed by atoms with E-state index >= 15 is 0 Å². The number of nitrogens with zero attached hydrogens (tertiary/aromatic N) is 2. The fourth-order valence-electron chi connectivity index (χ4n) is 1.78. The molecule has 0 fully saturated rings. The second kappa shape index (κ2) is 7.26. The second-order valence-electron chi connectivity index (χ2n) is 4.36. The highest BCUT2D eigenvalue weighted by Gasteiger charge is 2.14. The molecule has 0 radical (unpaired) electrons. The third-order valence-electron chi connectivity index (χ3n) is 2.80. The smallest absolute Gasteiger partial charge is 0.387 e. The molecule has 1 amide bonds. The molecule has 0 unspecified atom stereocenters. The number of nitriles is 1. The summed E-state index contributed by atoms with van der Waals surface area (Å²) < 4.78 is 42.1. The summed E-state index contributed by atoms with van der Waals surface area (Å²) in [6, 6.07) is 7.65. The summed E-state index contributed by atoms with van der Waals surface area (Å²) in [5.74, 6) is -1.98. The number of alkyl halides is 2. The van der Waals surface area contributed by atoms with Crippen LogP contribution in [0.3, 0.4) is 0 Å². The zero-order chi connectivity index (χ0) is 16.8. The first-order valence-electron chi connectivity index (χ1n) is 6.37. The van der Waals surface area contributed by atoms with Gasteiger partial charge in [0.05, 0.1) is 5.56 Å². The predicted octanol–water partition coefficient (Wildman–Crippen LogP) is 2.62. The molecule has 1 aromatic heterocycles. The Bertz CT molecular complexity index is 760. The fraction of sp³-hybridized carbons (Fsp3) is 0.133. The Morgan fingerprint density at radius 1 is 1.35 bits per heavy atom. The van der Waals surface area contributed by atoms with Gasteiger partial charge in [0.2, 0.25) is 0 Å². The molecule has 0 saturated heterocycles. The minimum Gasteiger partial charge on any atom is -0.435 e. The van der Waals surface area contributed by atoms with E-state index in [4.69, 9.17) is 5.26 Å². The van der Waals surface area contributed by atoms with Crippen LogP contribution in [0.15, 0.2) is 36.5 Å². The Balaban J connectivity index is 2.09. The topological polar surface area (TPSA) is 75.0 Å². The number of nitrogens with one attached hydrogen (secondary N) is 1. The summed E-state index contributed by atoms with van der Waals surface area (Å²) in [6.07, 6.45) is 1.40. The first kappa shape index (κ1) is 16.3. The number of benzene rings is 1. The summed E-state index contributed by atoms with van der Waals surface area (Å²) in [5, 5.41) is 11.2. The van der Waals surface area contributed by atoms with Gasteiger partial charge in [0.25, 0.3) is 5.91 Å². The van der Waals surface area contributed by atoms with Crippen LogP contribution in [-0.4, -0.2) is 17.5 Å². The van der Waals surface area contributed by atoms with Crippen LogP contribution in [0, 0.1) is 17.1 Å². The van der Waals surface area contributed by atoms with Gasteiger partial charge in [0, 0.05) is 12.7 Å². The molecule has 2 aromatic rings. The van der Waals surface area contributed by atoms with E-state index in [0.29, 0.717) is 5.56 Å². The molecule has 8 heteroatoms. The van der Waals surface area contributed by atoms with E-state index in [1.807, 2.05) is 6.07 Å². The molecule has 0 spiro atoms. The Kier molecular flexibility index (Phi) is 5.15. The number of ether oxygens (including phenoxy) is 1. The molecule has 2 rings (SSSR count). The maximum atomic E-state index is 13.6.